The highest BCUT2D eigenvalue weighted by Gasteiger charge is 2.44. The first-order chi connectivity index (χ1) is 7.80. The first-order valence-electron chi connectivity index (χ1n) is 6.02. The summed E-state index contributed by atoms with van der Waals surface area (Å²) < 4.78 is 5.11. The molecule has 3 heteroatoms. The van der Waals surface area contributed by atoms with E-state index in [0.29, 0.717) is 12.0 Å². The zero-order valence-electron chi connectivity index (χ0n) is 11.3. The van der Waals surface area contributed by atoms with Crippen molar-refractivity contribution in [2.75, 3.05) is 0 Å². The van der Waals surface area contributed by atoms with Crippen molar-refractivity contribution in [3.8, 4) is 0 Å². The molecule has 0 aliphatic carbocycles. The molecule has 0 fully saturated rings. The quantitative estimate of drug-likeness (QED) is 0.550. The lowest BCUT2D eigenvalue weighted by atomic mass is 9.79. The molecule has 0 aromatic heterocycles. The van der Waals surface area contributed by atoms with Gasteiger partial charge in [-0.05, 0) is 32.8 Å². The zero-order valence-corrected chi connectivity index (χ0v) is 11.3. The Morgan fingerprint density at radius 2 is 2.06 bits per heavy atom. The van der Waals surface area contributed by atoms with Gasteiger partial charge in [0.1, 0.15) is 0 Å². The predicted molar refractivity (Wildman–Crippen MR) is 69.6 cm³/mol. The zero-order chi connectivity index (χ0) is 13.6. The number of rotatable bonds is 7. The minimum atomic E-state index is -1.66. The summed E-state index contributed by atoms with van der Waals surface area (Å²) in [6, 6.07) is 0. The summed E-state index contributed by atoms with van der Waals surface area (Å²) in [7, 11) is 0. The molecule has 17 heavy (non-hydrogen) atoms. The fourth-order valence-corrected chi connectivity index (χ4v) is 1.75. The van der Waals surface area contributed by atoms with E-state index in [-0.39, 0.29) is 12.0 Å². The van der Waals surface area contributed by atoms with E-state index in [2.05, 4.69) is 13.2 Å². The van der Waals surface area contributed by atoms with Crippen LogP contribution in [0.3, 0.4) is 0 Å². The van der Waals surface area contributed by atoms with Crippen molar-refractivity contribution in [2.45, 2.75) is 52.2 Å². The Hall–Kier alpha value is -1.09. The highest BCUT2D eigenvalue weighted by molar-refractivity contribution is 5.84. The summed E-state index contributed by atoms with van der Waals surface area (Å²) >= 11 is 0. The van der Waals surface area contributed by atoms with Crippen LogP contribution in [0.4, 0.5) is 0 Å². The van der Waals surface area contributed by atoms with Gasteiger partial charge in [-0.1, -0.05) is 26.0 Å². The molecule has 0 spiro atoms. The van der Waals surface area contributed by atoms with Crippen molar-refractivity contribution >= 4 is 5.97 Å². The molecule has 0 saturated heterocycles. The van der Waals surface area contributed by atoms with E-state index in [1.165, 1.54) is 0 Å². The van der Waals surface area contributed by atoms with E-state index in [0.717, 1.165) is 6.42 Å². The third-order valence-corrected chi connectivity index (χ3v) is 2.73. The molecular weight excluding hydrogens is 216 g/mol. The monoisotopic (exact) mass is 240 g/mol. The minimum Gasteiger partial charge on any atom is -0.461 e. The number of esters is 1. The maximum absolute atomic E-state index is 12.0. The van der Waals surface area contributed by atoms with Gasteiger partial charge in [-0.3, -0.25) is 0 Å². The predicted octanol–water partition coefficient (Wildman–Crippen LogP) is 2.85. The van der Waals surface area contributed by atoms with Crippen molar-refractivity contribution in [1.82, 2.24) is 0 Å². The van der Waals surface area contributed by atoms with E-state index in [1.807, 2.05) is 6.92 Å². The van der Waals surface area contributed by atoms with Crippen LogP contribution in [-0.2, 0) is 9.53 Å². The Morgan fingerprint density at radius 1 is 1.53 bits per heavy atom. The van der Waals surface area contributed by atoms with Crippen molar-refractivity contribution in [1.29, 1.82) is 0 Å². The van der Waals surface area contributed by atoms with Gasteiger partial charge in [-0.15, -0.1) is 6.58 Å². The molecule has 0 aliphatic heterocycles. The van der Waals surface area contributed by atoms with Crippen molar-refractivity contribution in [3.05, 3.63) is 24.8 Å². The van der Waals surface area contributed by atoms with Crippen molar-refractivity contribution in [2.24, 2.45) is 5.92 Å². The van der Waals surface area contributed by atoms with Gasteiger partial charge in [0.05, 0.1) is 6.10 Å². The molecule has 0 aliphatic rings. The number of aliphatic hydroxyl groups is 1. The standard InChI is InChI=1S/C14H24O3/c1-7-9-12(8-2)14(16,10(3)4)13(15)17-11(5)6/h8,11-12,16H,2-3,7,9H2,1,4-6H3. The fraction of sp³-hybridized carbons (Fsp3) is 0.643. The third-order valence-electron chi connectivity index (χ3n) is 2.73. The van der Waals surface area contributed by atoms with E-state index in [4.69, 9.17) is 4.74 Å². The normalized spacial score (nSPS) is 16.1. The molecule has 0 amide bonds. The first kappa shape index (κ1) is 15.9. The third kappa shape index (κ3) is 3.70. The van der Waals surface area contributed by atoms with Crippen molar-refractivity contribution < 1.29 is 14.6 Å². The second-order valence-electron chi connectivity index (χ2n) is 4.63. The molecule has 0 rings (SSSR count). The Morgan fingerprint density at radius 3 is 2.35 bits per heavy atom. The number of carbonyl (C=O) groups excluding carboxylic acids is 1. The Kier molecular flexibility index (Phi) is 6.18. The number of hydrogen-bond donors (Lipinski definition) is 1. The summed E-state index contributed by atoms with van der Waals surface area (Å²) in [5, 5.41) is 10.6. The Labute approximate surface area is 104 Å². The van der Waals surface area contributed by atoms with E-state index in [1.54, 1.807) is 26.8 Å². The van der Waals surface area contributed by atoms with Gasteiger partial charge in [-0.2, -0.15) is 0 Å². The van der Waals surface area contributed by atoms with Crippen LogP contribution in [0.1, 0.15) is 40.5 Å². The molecule has 0 aromatic rings. The summed E-state index contributed by atoms with van der Waals surface area (Å²) in [5.74, 6) is -1.01. The second kappa shape index (κ2) is 6.60. The molecule has 2 atom stereocenters. The van der Waals surface area contributed by atoms with Crippen LogP contribution >= 0.6 is 0 Å². The van der Waals surface area contributed by atoms with E-state index < -0.39 is 11.6 Å². The maximum atomic E-state index is 12.0. The SMILES string of the molecule is C=CC(CCC)C(O)(C(=C)C)C(=O)OC(C)C. The van der Waals surface area contributed by atoms with Crippen LogP contribution in [0.5, 0.6) is 0 Å². The van der Waals surface area contributed by atoms with E-state index >= 15 is 0 Å². The molecule has 98 valence electrons. The molecule has 0 aromatic carbocycles. The van der Waals surface area contributed by atoms with Crippen LogP contribution in [-0.4, -0.2) is 22.8 Å². The molecular formula is C14H24O3. The molecule has 1 N–H and O–H groups in total. The summed E-state index contributed by atoms with van der Waals surface area (Å²) in [6.45, 7) is 14.5. The van der Waals surface area contributed by atoms with Gasteiger partial charge >= 0.3 is 5.97 Å². The highest BCUT2D eigenvalue weighted by Crippen LogP contribution is 2.31. The lowest BCUT2D eigenvalue weighted by molar-refractivity contribution is -0.169. The first-order valence-corrected chi connectivity index (χ1v) is 6.02. The average Bonchev–Trinajstić information content (AvgIpc) is 2.23. The van der Waals surface area contributed by atoms with Gasteiger partial charge in [0.25, 0.3) is 0 Å². The summed E-state index contributed by atoms with van der Waals surface area (Å²) in [5.41, 5.74) is -1.27. The largest absolute Gasteiger partial charge is 0.461 e. The van der Waals surface area contributed by atoms with Crippen LogP contribution in [0.2, 0.25) is 0 Å². The van der Waals surface area contributed by atoms with Gasteiger partial charge in [0, 0.05) is 5.92 Å². The molecule has 0 radical (unpaired) electrons. The molecule has 2 unspecified atom stereocenters. The van der Waals surface area contributed by atoms with Crippen LogP contribution in [0, 0.1) is 5.92 Å². The Bertz CT molecular complexity index is 294. The van der Waals surface area contributed by atoms with Gasteiger partial charge in [0.2, 0.25) is 0 Å². The van der Waals surface area contributed by atoms with Crippen molar-refractivity contribution in [3.63, 3.8) is 0 Å². The Balaban J connectivity index is 5.20. The van der Waals surface area contributed by atoms with Gasteiger partial charge in [0.15, 0.2) is 5.60 Å². The fourth-order valence-electron chi connectivity index (χ4n) is 1.75. The van der Waals surface area contributed by atoms with Gasteiger partial charge < -0.3 is 9.84 Å². The molecule has 3 nitrogen and oxygen atoms in total. The summed E-state index contributed by atoms with van der Waals surface area (Å²) in [6.07, 6.45) is 2.85. The topological polar surface area (TPSA) is 46.5 Å². The molecule has 0 saturated carbocycles. The number of carbonyl (C=O) groups is 1. The van der Waals surface area contributed by atoms with Gasteiger partial charge in [-0.25, -0.2) is 4.79 Å². The van der Waals surface area contributed by atoms with Crippen LogP contribution in [0.25, 0.3) is 0 Å². The average molecular weight is 240 g/mol. The van der Waals surface area contributed by atoms with Crippen LogP contribution in [0.15, 0.2) is 24.8 Å². The molecule has 0 bridgehead atoms. The maximum Gasteiger partial charge on any atom is 0.343 e. The van der Waals surface area contributed by atoms with Crippen LogP contribution < -0.4 is 0 Å². The lowest BCUT2D eigenvalue weighted by Crippen LogP contribution is -2.48. The number of hydrogen-bond acceptors (Lipinski definition) is 3. The second-order valence-corrected chi connectivity index (χ2v) is 4.63. The smallest absolute Gasteiger partial charge is 0.343 e. The lowest BCUT2D eigenvalue weighted by Gasteiger charge is -2.33. The number of ether oxygens (including phenoxy) is 1. The highest BCUT2D eigenvalue weighted by atomic mass is 16.6. The minimum absolute atomic E-state index is 0.263. The van der Waals surface area contributed by atoms with E-state index in [9.17, 15) is 9.90 Å². The summed E-state index contributed by atoms with van der Waals surface area (Å²) in [4.78, 5) is 12.0. The molecule has 0 heterocycles.